The summed E-state index contributed by atoms with van der Waals surface area (Å²) < 4.78 is 43.3. The Morgan fingerprint density at radius 1 is 1.33 bits per heavy atom. The lowest BCUT2D eigenvalue weighted by Crippen LogP contribution is -2.23. The Hall–Kier alpha value is -1.72. The Balaban J connectivity index is 2.95. The molecule has 1 rings (SSSR count). The van der Waals surface area contributed by atoms with E-state index in [9.17, 15) is 18.0 Å². The van der Waals surface area contributed by atoms with Gasteiger partial charge in [-0.3, -0.25) is 4.79 Å². The van der Waals surface area contributed by atoms with Gasteiger partial charge in [-0.15, -0.1) is 0 Å². The Kier molecular flexibility index (Phi) is 4.58. The van der Waals surface area contributed by atoms with Crippen molar-refractivity contribution in [2.75, 3.05) is 6.61 Å². The van der Waals surface area contributed by atoms with Crippen LogP contribution in [0.3, 0.4) is 0 Å². The summed E-state index contributed by atoms with van der Waals surface area (Å²) in [6, 6.07) is 5.29. The van der Waals surface area contributed by atoms with Crippen LogP contribution in [-0.4, -0.2) is 23.9 Å². The van der Waals surface area contributed by atoms with E-state index in [1.807, 2.05) is 0 Å². The molecule has 0 aliphatic carbocycles. The highest BCUT2D eigenvalue weighted by Gasteiger charge is 2.41. The topological polar surface area (TPSA) is 46.5 Å². The SMILES string of the molecule is CCOc1ccc(C(CC(=O)O)C(F)(F)F)cc1. The molecule has 0 aromatic heterocycles. The lowest BCUT2D eigenvalue weighted by molar-refractivity contribution is -0.163. The average Bonchev–Trinajstić information content (AvgIpc) is 2.26. The molecule has 0 heterocycles. The zero-order valence-electron chi connectivity index (χ0n) is 9.70. The van der Waals surface area contributed by atoms with Gasteiger partial charge in [0.05, 0.1) is 18.9 Å². The van der Waals surface area contributed by atoms with Gasteiger partial charge < -0.3 is 9.84 Å². The number of hydrogen-bond donors (Lipinski definition) is 1. The van der Waals surface area contributed by atoms with Crippen molar-refractivity contribution in [3.63, 3.8) is 0 Å². The monoisotopic (exact) mass is 262 g/mol. The molecule has 0 saturated heterocycles. The van der Waals surface area contributed by atoms with Gasteiger partial charge in [0.2, 0.25) is 0 Å². The zero-order chi connectivity index (χ0) is 13.8. The predicted molar refractivity (Wildman–Crippen MR) is 58.7 cm³/mol. The van der Waals surface area contributed by atoms with E-state index in [0.717, 1.165) is 0 Å². The van der Waals surface area contributed by atoms with Crippen LogP contribution in [0.1, 0.15) is 24.8 Å². The highest BCUT2D eigenvalue weighted by molar-refractivity contribution is 5.68. The van der Waals surface area contributed by atoms with Crippen molar-refractivity contribution in [3.8, 4) is 5.75 Å². The molecule has 0 spiro atoms. The second kappa shape index (κ2) is 5.75. The first-order chi connectivity index (χ1) is 8.34. The Morgan fingerprint density at radius 2 is 1.89 bits per heavy atom. The summed E-state index contributed by atoms with van der Waals surface area (Å²) in [5.41, 5.74) is -0.0756. The van der Waals surface area contributed by atoms with Crippen molar-refractivity contribution in [2.45, 2.75) is 25.4 Å². The summed E-state index contributed by atoms with van der Waals surface area (Å²) in [7, 11) is 0. The van der Waals surface area contributed by atoms with E-state index in [-0.39, 0.29) is 5.56 Å². The fraction of sp³-hybridized carbons (Fsp3) is 0.417. The van der Waals surface area contributed by atoms with Crippen molar-refractivity contribution >= 4 is 5.97 Å². The van der Waals surface area contributed by atoms with Crippen LogP contribution >= 0.6 is 0 Å². The molecule has 0 amide bonds. The molecule has 100 valence electrons. The van der Waals surface area contributed by atoms with Crippen LogP contribution in [0.25, 0.3) is 0 Å². The molecule has 0 aliphatic heterocycles. The molecule has 0 radical (unpaired) electrons. The van der Waals surface area contributed by atoms with E-state index in [1.54, 1.807) is 6.92 Å². The van der Waals surface area contributed by atoms with Crippen molar-refractivity contribution in [1.29, 1.82) is 0 Å². The van der Waals surface area contributed by atoms with E-state index in [2.05, 4.69) is 0 Å². The normalized spacial score (nSPS) is 13.1. The van der Waals surface area contributed by atoms with Gasteiger partial charge in [-0.2, -0.15) is 13.2 Å². The largest absolute Gasteiger partial charge is 0.494 e. The molecule has 6 heteroatoms. The smallest absolute Gasteiger partial charge is 0.396 e. The number of carboxylic acids is 1. The van der Waals surface area contributed by atoms with E-state index in [1.165, 1.54) is 24.3 Å². The van der Waals surface area contributed by atoms with Gasteiger partial charge in [0, 0.05) is 0 Å². The van der Waals surface area contributed by atoms with E-state index < -0.39 is 24.5 Å². The van der Waals surface area contributed by atoms with E-state index in [0.29, 0.717) is 12.4 Å². The molecule has 0 fully saturated rings. The maximum Gasteiger partial charge on any atom is 0.396 e. The highest BCUT2D eigenvalue weighted by Crippen LogP contribution is 2.37. The second-order valence-corrected chi connectivity index (χ2v) is 3.69. The van der Waals surface area contributed by atoms with Crippen molar-refractivity contribution in [2.24, 2.45) is 0 Å². The quantitative estimate of drug-likeness (QED) is 0.886. The van der Waals surface area contributed by atoms with Crippen LogP contribution in [0.2, 0.25) is 0 Å². The van der Waals surface area contributed by atoms with Gasteiger partial charge in [0.1, 0.15) is 5.75 Å². The molecule has 1 unspecified atom stereocenters. The second-order valence-electron chi connectivity index (χ2n) is 3.69. The maximum absolute atomic E-state index is 12.7. The Morgan fingerprint density at radius 3 is 2.28 bits per heavy atom. The summed E-state index contributed by atoms with van der Waals surface area (Å²) in [4.78, 5) is 10.5. The summed E-state index contributed by atoms with van der Waals surface area (Å²) in [6.45, 7) is 2.17. The Bertz CT molecular complexity index is 398. The number of halogens is 3. The highest BCUT2D eigenvalue weighted by atomic mass is 19.4. The van der Waals surface area contributed by atoms with E-state index in [4.69, 9.17) is 9.84 Å². The van der Waals surface area contributed by atoms with Crippen molar-refractivity contribution in [3.05, 3.63) is 29.8 Å². The summed E-state index contributed by atoms with van der Waals surface area (Å²) in [5, 5.41) is 8.52. The van der Waals surface area contributed by atoms with Crippen LogP contribution in [0.4, 0.5) is 13.2 Å². The van der Waals surface area contributed by atoms with Crippen LogP contribution in [0.5, 0.6) is 5.75 Å². The number of rotatable bonds is 5. The first-order valence-electron chi connectivity index (χ1n) is 5.36. The third-order valence-corrected chi connectivity index (χ3v) is 2.37. The van der Waals surface area contributed by atoms with Crippen LogP contribution in [0.15, 0.2) is 24.3 Å². The molecule has 1 N–H and O–H groups in total. The zero-order valence-corrected chi connectivity index (χ0v) is 9.70. The standard InChI is InChI=1S/C12H13F3O3/c1-2-18-9-5-3-8(4-6-9)10(7-11(16)17)12(13,14)15/h3-6,10H,2,7H2,1H3,(H,16,17). The van der Waals surface area contributed by atoms with Gasteiger partial charge in [0.15, 0.2) is 0 Å². The van der Waals surface area contributed by atoms with Gasteiger partial charge >= 0.3 is 12.1 Å². The summed E-state index contributed by atoms with van der Waals surface area (Å²) >= 11 is 0. The summed E-state index contributed by atoms with van der Waals surface area (Å²) in [6.07, 6.45) is -5.55. The summed E-state index contributed by atoms with van der Waals surface area (Å²) in [5.74, 6) is -3.02. The number of ether oxygens (including phenoxy) is 1. The average molecular weight is 262 g/mol. The molecule has 0 saturated carbocycles. The number of carboxylic acid groups (broad SMARTS) is 1. The minimum absolute atomic E-state index is 0.0756. The third kappa shape index (κ3) is 3.94. The fourth-order valence-corrected chi connectivity index (χ4v) is 1.56. The third-order valence-electron chi connectivity index (χ3n) is 2.37. The van der Waals surface area contributed by atoms with Gasteiger partial charge in [0.25, 0.3) is 0 Å². The molecule has 0 aliphatic rings. The number of aliphatic carboxylic acids is 1. The minimum Gasteiger partial charge on any atom is -0.494 e. The number of alkyl halides is 3. The fourth-order valence-electron chi connectivity index (χ4n) is 1.56. The molecule has 0 bridgehead atoms. The minimum atomic E-state index is -4.58. The molecule has 1 aromatic rings. The molecule has 1 atom stereocenters. The molecular weight excluding hydrogens is 249 g/mol. The molecule has 1 aromatic carbocycles. The van der Waals surface area contributed by atoms with Crippen LogP contribution < -0.4 is 4.74 Å². The predicted octanol–water partition coefficient (Wildman–Crippen LogP) is 3.21. The first-order valence-corrected chi connectivity index (χ1v) is 5.36. The van der Waals surface area contributed by atoms with Crippen molar-refractivity contribution < 1.29 is 27.8 Å². The van der Waals surface area contributed by atoms with Crippen LogP contribution in [-0.2, 0) is 4.79 Å². The molecule has 3 nitrogen and oxygen atoms in total. The van der Waals surface area contributed by atoms with Crippen molar-refractivity contribution in [1.82, 2.24) is 0 Å². The Labute approximate surface area is 102 Å². The number of carbonyl (C=O) groups is 1. The maximum atomic E-state index is 12.7. The lowest BCUT2D eigenvalue weighted by Gasteiger charge is -2.19. The first kappa shape index (κ1) is 14.3. The number of hydrogen-bond acceptors (Lipinski definition) is 2. The van der Waals surface area contributed by atoms with Gasteiger partial charge in [-0.25, -0.2) is 0 Å². The molecular formula is C12H13F3O3. The molecule has 18 heavy (non-hydrogen) atoms. The van der Waals surface area contributed by atoms with Gasteiger partial charge in [-0.1, -0.05) is 12.1 Å². The van der Waals surface area contributed by atoms with Crippen LogP contribution in [0, 0.1) is 0 Å². The number of benzene rings is 1. The lowest BCUT2D eigenvalue weighted by atomic mass is 9.95. The van der Waals surface area contributed by atoms with Gasteiger partial charge in [-0.05, 0) is 24.6 Å². The van der Waals surface area contributed by atoms with E-state index >= 15 is 0 Å².